The van der Waals surface area contributed by atoms with Crippen LogP contribution in [-0.2, 0) is 6.54 Å². The summed E-state index contributed by atoms with van der Waals surface area (Å²) in [7, 11) is 3.32. The van der Waals surface area contributed by atoms with Gasteiger partial charge in [0.15, 0.2) is 0 Å². The molecule has 1 aliphatic rings. The van der Waals surface area contributed by atoms with E-state index in [2.05, 4.69) is 9.88 Å². The van der Waals surface area contributed by atoms with Crippen molar-refractivity contribution in [1.29, 1.82) is 0 Å². The van der Waals surface area contributed by atoms with Crippen LogP contribution >= 0.6 is 0 Å². The maximum atomic E-state index is 13.2. The van der Waals surface area contributed by atoms with Crippen LogP contribution in [0.2, 0.25) is 0 Å². The van der Waals surface area contributed by atoms with E-state index in [0.29, 0.717) is 41.1 Å². The summed E-state index contributed by atoms with van der Waals surface area (Å²) in [6.45, 7) is 5.35. The van der Waals surface area contributed by atoms with Crippen molar-refractivity contribution in [3.63, 3.8) is 0 Å². The lowest BCUT2D eigenvalue weighted by atomic mass is 10.1. The standard InChI is InChI=1S/C29H30N4O4/c1-20-30-26-7-5-4-6-25(26)29(35)33(20)23-10-8-21(9-11-23)28(34)32-16-14-31(15-17-32)19-22-18-24(36-2)12-13-27(22)37-3/h4-13,18H,14-17,19H2,1-3H3. The topological polar surface area (TPSA) is 76.9 Å². The van der Waals surface area contributed by atoms with Crippen molar-refractivity contribution < 1.29 is 14.3 Å². The molecule has 0 saturated carbocycles. The Bertz CT molecular complexity index is 1490. The number of fused-ring (bicyclic) bond motifs is 1. The van der Waals surface area contributed by atoms with Gasteiger partial charge in [0.1, 0.15) is 17.3 Å². The zero-order chi connectivity index (χ0) is 25.9. The van der Waals surface area contributed by atoms with E-state index in [1.165, 1.54) is 0 Å². The molecule has 8 nitrogen and oxygen atoms in total. The van der Waals surface area contributed by atoms with Crippen LogP contribution < -0.4 is 15.0 Å². The van der Waals surface area contributed by atoms with E-state index in [9.17, 15) is 9.59 Å². The molecule has 8 heteroatoms. The first-order valence-corrected chi connectivity index (χ1v) is 12.3. The van der Waals surface area contributed by atoms with Gasteiger partial charge in [-0.25, -0.2) is 4.98 Å². The van der Waals surface area contributed by atoms with Gasteiger partial charge in [0.2, 0.25) is 0 Å². The lowest BCUT2D eigenvalue weighted by molar-refractivity contribution is 0.0627. The molecule has 1 amide bonds. The molecule has 1 aromatic heterocycles. The predicted octanol–water partition coefficient (Wildman–Crippen LogP) is 3.67. The number of aryl methyl sites for hydroxylation is 1. The molecule has 5 rings (SSSR count). The highest BCUT2D eigenvalue weighted by Crippen LogP contribution is 2.26. The zero-order valence-corrected chi connectivity index (χ0v) is 21.3. The number of ether oxygens (including phenoxy) is 2. The summed E-state index contributed by atoms with van der Waals surface area (Å²) in [5.41, 5.74) is 2.91. The van der Waals surface area contributed by atoms with Crippen molar-refractivity contribution in [2.24, 2.45) is 0 Å². The minimum atomic E-state index is -0.119. The molecule has 0 unspecified atom stereocenters. The summed E-state index contributed by atoms with van der Waals surface area (Å²) in [6, 6.07) is 20.3. The molecule has 0 spiro atoms. The zero-order valence-electron chi connectivity index (χ0n) is 21.3. The Morgan fingerprint density at radius 3 is 2.35 bits per heavy atom. The molecule has 0 N–H and O–H groups in total. The Kier molecular flexibility index (Phi) is 6.92. The van der Waals surface area contributed by atoms with Crippen LogP contribution in [0.1, 0.15) is 21.7 Å². The molecule has 0 atom stereocenters. The van der Waals surface area contributed by atoms with Gasteiger partial charge in [0.25, 0.3) is 11.5 Å². The van der Waals surface area contributed by atoms with E-state index in [1.807, 2.05) is 60.4 Å². The van der Waals surface area contributed by atoms with E-state index in [0.717, 1.165) is 36.7 Å². The van der Waals surface area contributed by atoms with Gasteiger partial charge in [-0.1, -0.05) is 12.1 Å². The van der Waals surface area contributed by atoms with Crippen LogP contribution in [0.5, 0.6) is 11.5 Å². The van der Waals surface area contributed by atoms with Gasteiger partial charge in [-0.2, -0.15) is 0 Å². The predicted molar refractivity (Wildman–Crippen MR) is 143 cm³/mol. The minimum Gasteiger partial charge on any atom is -0.497 e. The second-order valence-electron chi connectivity index (χ2n) is 9.11. The van der Waals surface area contributed by atoms with Crippen LogP contribution in [0.4, 0.5) is 0 Å². The van der Waals surface area contributed by atoms with Crippen molar-refractivity contribution in [2.75, 3.05) is 40.4 Å². The molecule has 1 fully saturated rings. The van der Waals surface area contributed by atoms with Crippen LogP contribution in [0.25, 0.3) is 16.6 Å². The van der Waals surface area contributed by atoms with Crippen LogP contribution in [0.3, 0.4) is 0 Å². The largest absolute Gasteiger partial charge is 0.497 e. The number of para-hydroxylation sites is 1. The maximum absolute atomic E-state index is 13.2. The first kappa shape index (κ1) is 24.5. The Morgan fingerprint density at radius 2 is 1.65 bits per heavy atom. The van der Waals surface area contributed by atoms with Crippen molar-refractivity contribution in [3.8, 4) is 17.2 Å². The van der Waals surface area contributed by atoms with E-state index in [1.54, 1.807) is 37.0 Å². The van der Waals surface area contributed by atoms with E-state index in [-0.39, 0.29) is 11.5 Å². The third-order valence-electron chi connectivity index (χ3n) is 6.86. The van der Waals surface area contributed by atoms with E-state index in [4.69, 9.17) is 9.47 Å². The smallest absolute Gasteiger partial charge is 0.265 e. The molecule has 3 aromatic carbocycles. The van der Waals surface area contributed by atoms with Gasteiger partial charge < -0.3 is 14.4 Å². The second-order valence-corrected chi connectivity index (χ2v) is 9.11. The maximum Gasteiger partial charge on any atom is 0.265 e. The van der Waals surface area contributed by atoms with Crippen molar-refractivity contribution in [3.05, 3.63) is 94.0 Å². The lowest BCUT2D eigenvalue weighted by Crippen LogP contribution is -2.48. The Morgan fingerprint density at radius 1 is 0.919 bits per heavy atom. The SMILES string of the molecule is COc1ccc(OC)c(CN2CCN(C(=O)c3ccc(-n4c(C)nc5ccccc5c4=O)cc3)CC2)c1. The number of hydrogen-bond donors (Lipinski definition) is 0. The first-order valence-electron chi connectivity index (χ1n) is 12.3. The quantitative estimate of drug-likeness (QED) is 0.404. The summed E-state index contributed by atoms with van der Waals surface area (Å²) in [4.78, 5) is 35.0. The van der Waals surface area contributed by atoms with Crippen molar-refractivity contribution in [2.45, 2.75) is 13.5 Å². The third kappa shape index (κ3) is 4.93. The molecule has 1 aliphatic heterocycles. The fraction of sp³-hybridized carbons (Fsp3) is 0.276. The second kappa shape index (κ2) is 10.4. The van der Waals surface area contributed by atoms with E-state index >= 15 is 0 Å². The van der Waals surface area contributed by atoms with Gasteiger partial charge >= 0.3 is 0 Å². The first-order chi connectivity index (χ1) is 18.0. The summed E-state index contributed by atoms with van der Waals surface area (Å²) in [5.74, 6) is 2.22. The molecule has 37 heavy (non-hydrogen) atoms. The number of methoxy groups -OCH3 is 2. The molecule has 2 heterocycles. The monoisotopic (exact) mass is 498 g/mol. The molecule has 190 valence electrons. The van der Waals surface area contributed by atoms with Crippen molar-refractivity contribution >= 4 is 16.8 Å². The van der Waals surface area contributed by atoms with Gasteiger partial charge in [-0.05, 0) is 61.5 Å². The summed E-state index contributed by atoms with van der Waals surface area (Å²) >= 11 is 0. The van der Waals surface area contributed by atoms with E-state index < -0.39 is 0 Å². The Labute approximate surface area is 215 Å². The average Bonchev–Trinajstić information content (AvgIpc) is 2.93. The number of hydrogen-bond acceptors (Lipinski definition) is 6. The average molecular weight is 499 g/mol. The highest BCUT2D eigenvalue weighted by molar-refractivity contribution is 5.94. The number of piperazine rings is 1. The number of rotatable bonds is 6. The van der Waals surface area contributed by atoms with Crippen LogP contribution in [0.15, 0.2) is 71.5 Å². The molecular formula is C29H30N4O4. The molecule has 0 aliphatic carbocycles. The normalized spacial score (nSPS) is 14.1. The number of carbonyl (C=O) groups is 1. The molecule has 1 saturated heterocycles. The minimum absolute atomic E-state index is 0.00846. The molecule has 4 aromatic rings. The van der Waals surface area contributed by atoms with Crippen LogP contribution in [-0.4, -0.2) is 65.7 Å². The Balaban J connectivity index is 1.26. The summed E-state index contributed by atoms with van der Waals surface area (Å²) in [5, 5.41) is 0.567. The van der Waals surface area contributed by atoms with Crippen molar-refractivity contribution in [1.82, 2.24) is 19.4 Å². The number of benzene rings is 3. The Hall–Kier alpha value is -4.17. The summed E-state index contributed by atoms with van der Waals surface area (Å²) < 4.78 is 12.5. The third-order valence-corrected chi connectivity index (χ3v) is 6.86. The highest BCUT2D eigenvalue weighted by Gasteiger charge is 2.23. The molecule has 0 bridgehead atoms. The van der Waals surface area contributed by atoms with Gasteiger partial charge in [-0.3, -0.25) is 19.1 Å². The van der Waals surface area contributed by atoms with Gasteiger partial charge in [-0.15, -0.1) is 0 Å². The number of nitrogens with zero attached hydrogens (tertiary/aromatic N) is 4. The fourth-order valence-corrected chi connectivity index (χ4v) is 4.84. The highest BCUT2D eigenvalue weighted by atomic mass is 16.5. The van der Waals surface area contributed by atoms with Gasteiger partial charge in [0.05, 0.1) is 30.8 Å². The molecular weight excluding hydrogens is 468 g/mol. The number of amides is 1. The lowest BCUT2D eigenvalue weighted by Gasteiger charge is -2.35. The van der Waals surface area contributed by atoms with Gasteiger partial charge in [0, 0.05) is 43.9 Å². The molecule has 0 radical (unpaired) electrons. The number of aromatic nitrogens is 2. The summed E-state index contributed by atoms with van der Waals surface area (Å²) in [6.07, 6.45) is 0. The fourth-order valence-electron chi connectivity index (χ4n) is 4.84. The number of carbonyl (C=O) groups excluding carboxylic acids is 1. The van der Waals surface area contributed by atoms with Crippen LogP contribution in [0, 0.1) is 6.92 Å².